The van der Waals surface area contributed by atoms with Gasteiger partial charge in [0.15, 0.2) is 0 Å². The highest BCUT2D eigenvalue weighted by Crippen LogP contribution is 2.24. The van der Waals surface area contributed by atoms with Crippen LogP contribution in [0.1, 0.15) is 28.4 Å². The fourth-order valence-corrected chi connectivity index (χ4v) is 1.56. The molecule has 1 rings (SSSR count). The number of aliphatic imine (C=N–C) groups is 1. The van der Waals surface area contributed by atoms with Crippen LogP contribution in [0.4, 0.5) is 0 Å². The molecule has 0 aliphatic carbocycles. The van der Waals surface area contributed by atoms with E-state index in [-0.39, 0.29) is 11.6 Å². The first-order chi connectivity index (χ1) is 7.70. The van der Waals surface area contributed by atoms with Crippen LogP contribution < -0.4 is 0 Å². The molecule has 4 nitrogen and oxygen atoms in total. The Balaban J connectivity index is 2.99. The lowest BCUT2D eigenvalue weighted by atomic mass is 9.99. The van der Waals surface area contributed by atoms with Crippen molar-refractivity contribution in [2.24, 2.45) is 4.99 Å². The van der Waals surface area contributed by atoms with E-state index in [2.05, 4.69) is 11.7 Å². The van der Waals surface area contributed by atoms with Crippen molar-refractivity contribution >= 4 is 12.7 Å². The molecule has 16 heavy (non-hydrogen) atoms. The van der Waals surface area contributed by atoms with E-state index >= 15 is 0 Å². The van der Waals surface area contributed by atoms with E-state index in [0.29, 0.717) is 18.6 Å². The second kappa shape index (κ2) is 6.02. The summed E-state index contributed by atoms with van der Waals surface area (Å²) >= 11 is 0. The van der Waals surface area contributed by atoms with Gasteiger partial charge in [0, 0.05) is 13.7 Å². The highest BCUT2D eigenvalue weighted by atomic mass is 16.5. The molecular weight excluding hydrogens is 206 g/mol. The molecule has 1 aromatic carbocycles. The largest absolute Gasteiger partial charge is 0.478 e. The van der Waals surface area contributed by atoms with Crippen LogP contribution in [-0.4, -0.2) is 31.5 Å². The van der Waals surface area contributed by atoms with Crippen molar-refractivity contribution in [3.63, 3.8) is 0 Å². The van der Waals surface area contributed by atoms with Gasteiger partial charge in [0.1, 0.15) is 0 Å². The summed E-state index contributed by atoms with van der Waals surface area (Å²) in [6.07, 6.45) is 0.629. The molecule has 0 fully saturated rings. The van der Waals surface area contributed by atoms with Gasteiger partial charge in [0.25, 0.3) is 0 Å². The summed E-state index contributed by atoms with van der Waals surface area (Å²) in [5.74, 6) is -0.943. The fourth-order valence-electron chi connectivity index (χ4n) is 1.56. The molecule has 4 heteroatoms. The van der Waals surface area contributed by atoms with Gasteiger partial charge < -0.3 is 9.84 Å². The maximum absolute atomic E-state index is 11.0. The Morgan fingerprint density at radius 2 is 2.25 bits per heavy atom. The number of ether oxygens (including phenoxy) is 1. The molecule has 0 aliphatic heterocycles. The summed E-state index contributed by atoms with van der Waals surface area (Å²) in [6.45, 7) is 4.02. The third-order valence-electron chi connectivity index (χ3n) is 2.37. The third-order valence-corrected chi connectivity index (χ3v) is 2.37. The van der Waals surface area contributed by atoms with Crippen LogP contribution >= 0.6 is 0 Å². The van der Waals surface area contributed by atoms with Crippen molar-refractivity contribution < 1.29 is 14.6 Å². The van der Waals surface area contributed by atoms with E-state index in [0.717, 1.165) is 0 Å². The van der Waals surface area contributed by atoms with Crippen molar-refractivity contribution in [2.45, 2.75) is 12.5 Å². The average Bonchev–Trinajstić information content (AvgIpc) is 2.30. The van der Waals surface area contributed by atoms with E-state index < -0.39 is 5.97 Å². The number of methoxy groups -OCH3 is 1. The van der Waals surface area contributed by atoms with Crippen molar-refractivity contribution in [3.05, 3.63) is 35.4 Å². The molecule has 0 aliphatic rings. The number of rotatable bonds is 6. The quantitative estimate of drug-likeness (QED) is 0.749. The number of carboxylic acids is 1. The maximum Gasteiger partial charge on any atom is 0.336 e. The number of carbonyl (C=O) groups is 1. The first-order valence-electron chi connectivity index (χ1n) is 4.97. The van der Waals surface area contributed by atoms with Gasteiger partial charge in [-0.2, -0.15) is 0 Å². The number of aromatic carboxylic acids is 1. The third kappa shape index (κ3) is 2.90. The Kier molecular flexibility index (Phi) is 4.66. The van der Waals surface area contributed by atoms with Gasteiger partial charge in [0.2, 0.25) is 0 Å². The Morgan fingerprint density at radius 3 is 2.81 bits per heavy atom. The lowest BCUT2D eigenvalue weighted by molar-refractivity contribution is 0.0694. The second-order valence-corrected chi connectivity index (χ2v) is 3.37. The molecular formula is C12H15NO3. The molecule has 86 valence electrons. The minimum atomic E-state index is -0.943. The van der Waals surface area contributed by atoms with Crippen molar-refractivity contribution in [1.82, 2.24) is 0 Å². The van der Waals surface area contributed by atoms with E-state index in [1.807, 2.05) is 0 Å². The predicted molar refractivity (Wildman–Crippen MR) is 62.2 cm³/mol. The molecule has 0 saturated heterocycles. The highest BCUT2D eigenvalue weighted by molar-refractivity contribution is 5.89. The van der Waals surface area contributed by atoms with Crippen LogP contribution in [0.2, 0.25) is 0 Å². The average molecular weight is 221 g/mol. The number of benzene rings is 1. The first kappa shape index (κ1) is 12.4. The fraction of sp³-hybridized carbons (Fsp3) is 0.333. The Hall–Kier alpha value is -1.68. The summed E-state index contributed by atoms with van der Waals surface area (Å²) in [7, 11) is 1.60. The molecule has 1 aromatic rings. The van der Waals surface area contributed by atoms with Crippen LogP contribution in [0.5, 0.6) is 0 Å². The van der Waals surface area contributed by atoms with E-state index in [4.69, 9.17) is 9.84 Å². The molecule has 0 aromatic heterocycles. The molecule has 0 spiro atoms. The Labute approximate surface area is 94.6 Å². The molecule has 1 unspecified atom stereocenters. The molecule has 0 heterocycles. The summed E-state index contributed by atoms with van der Waals surface area (Å²) in [4.78, 5) is 15.0. The van der Waals surface area contributed by atoms with Crippen LogP contribution in [-0.2, 0) is 4.74 Å². The number of hydrogen-bond donors (Lipinski definition) is 1. The second-order valence-electron chi connectivity index (χ2n) is 3.37. The SMILES string of the molecule is C=NC(CCOC)c1ccccc1C(=O)O. The van der Waals surface area contributed by atoms with Gasteiger partial charge in [-0.3, -0.25) is 4.99 Å². The van der Waals surface area contributed by atoms with Crippen molar-refractivity contribution in [1.29, 1.82) is 0 Å². The zero-order valence-corrected chi connectivity index (χ0v) is 9.22. The van der Waals surface area contributed by atoms with Gasteiger partial charge in [-0.25, -0.2) is 4.79 Å². The van der Waals surface area contributed by atoms with Crippen LogP contribution in [0.25, 0.3) is 0 Å². The minimum absolute atomic E-state index is 0.229. The number of nitrogens with zero attached hydrogens (tertiary/aromatic N) is 1. The number of carboxylic acid groups (broad SMARTS) is 1. The Bertz CT molecular complexity index is 376. The highest BCUT2D eigenvalue weighted by Gasteiger charge is 2.16. The minimum Gasteiger partial charge on any atom is -0.478 e. The molecule has 0 bridgehead atoms. The summed E-state index contributed by atoms with van der Waals surface area (Å²) in [6, 6.07) is 6.60. The normalized spacial score (nSPS) is 12.1. The summed E-state index contributed by atoms with van der Waals surface area (Å²) < 4.78 is 4.96. The standard InChI is InChI=1S/C12H15NO3/c1-13-11(7-8-16-2)9-5-3-4-6-10(9)12(14)15/h3-6,11H,1,7-8H2,2H3,(H,14,15). The molecule has 1 atom stereocenters. The van der Waals surface area contributed by atoms with Gasteiger partial charge in [0.05, 0.1) is 11.6 Å². The van der Waals surface area contributed by atoms with Crippen LogP contribution in [0, 0.1) is 0 Å². The van der Waals surface area contributed by atoms with E-state index in [1.165, 1.54) is 0 Å². The number of hydrogen-bond acceptors (Lipinski definition) is 3. The molecule has 0 saturated carbocycles. The topological polar surface area (TPSA) is 58.9 Å². The monoisotopic (exact) mass is 221 g/mol. The van der Waals surface area contributed by atoms with Gasteiger partial charge in [-0.15, -0.1) is 0 Å². The zero-order valence-electron chi connectivity index (χ0n) is 9.22. The lowest BCUT2D eigenvalue weighted by Crippen LogP contribution is -2.07. The Morgan fingerprint density at radius 1 is 1.56 bits per heavy atom. The van der Waals surface area contributed by atoms with Crippen molar-refractivity contribution in [2.75, 3.05) is 13.7 Å². The van der Waals surface area contributed by atoms with Gasteiger partial charge >= 0.3 is 5.97 Å². The first-order valence-corrected chi connectivity index (χ1v) is 4.97. The maximum atomic E-state index is 11.0. The smallest absolute Gasteiger partial charge is 0.336 e. The van der Waals surface area contributed by atoms with Crippen LogP contribution in [0.3, 0.4) is 0 Å². The predicted octanol–water partition coefficient (Wildman–Crippen LogP) is 2.16. The van der Waals surface area contributed by atoms with E-state index in [9.17, 15) is 4.79 Å². The summed E-state index contributed by atoms with van der Waals surface area (Å²) in [5, 5.41) is 9.04. The van der Waals surface area contributed by atoms with Crippen molar-refractivity contribution in [3.8, 4) is 0 Å². The van der Waals surface area contributed by atoms with Gasteiger partial charge in [-0.1, -0.05) is 18.2 Å². The lowest BCUT2D eigenvalue weighted by Gasteiger charge is -2.14. The zero-order chi connectivity index (χ0) is 12.0. The molecule has 1 N–H and O–H groups in total. The molecule has 0 radical (unpaired) electrons. The van der Waals surface area contributed by atoms with Gasteiger partial charge in [-0.05, 0) is 24.8 Å². The summed E-state index contributed by atoms with van der Waals surface area (Å²) in [5.41, 5.74) is 0.957. The van der Waals surface area contributed by atoms with Crippen LogP contribution in [0.15, 0.2) is 29.3 Å². The molecule has 0 amide bonds. The van der Waals surface area contributed by atoms with E-state index in [1.54, 1.807) is 31.4 Å².